The number of hydrogen-bond donors (Lipinski definition) is 2. The smallest absolute Gasteiger partial charge is 0.343 e. The first-order valence-corrected chi connectivity index (χ1v) is 12.3. The van der Waals surface area contributed by atoms with Gasteiger partial charge in [-0.3, -0.25) is 9.59 Å². The van der Waals surface area contributed by atoms with Crippen LogP contribution in [0, 0.1) is 0 Å². The van der Waals surface area contributed by atoms with Crippen molar-refractivity contribution in [2.45, 2.75) is 20.3 Å². The van der Waals surface area contributed by atoms with E-state index in [-0.39, 0.29) is 12.3 Å². The Morgan fingerprint density at radius 2 is 1.61 bits per heavy atom. The van der Waals surface area contributed by atoms with Gasteiger partial charge in [0.2, 0.25) is 0 Å². The number of ether oxygens (including phenoxy) is 3. The third-order valence-corrected chi connectivity index (χ3v) is 5.20. The Labute approximate surface area is 225 Å². The van der Waals surface area contributed by atoms with E-state index in [0.29, 0.717) is 46.4 Å². The van der Waals surface area contributed by atoms with Gasteiger partial charge >= 0.3 is 5.97 Å². The second kappa shape index (κ2) is 14.4. The zero-order valence-electron chi connectivity index (χ0n) is 21.0. The molecule has 9 nitrogen and oxygen atoms in total. The number of rotatable bonds is 12. The van der Waals surface area contributed by atoms with Crippen molar-refractivity contribution in [1.82, 2.24) is 10.7 Å². The maximum Gasteiger partial charge on any atom is 0.343 e. The first-order chi connectivity index (χ1) is 18.4. The number of nitrogens with one attached hydrogen (secondary N) is 2. The number of nitrogens with zero attached hydrogens (tertiary/aromatic N) is 1. The minimum atomic E-state index is -0.556. The fraction of sp³-hybridized carbons (Fsp3) is 0.214. The van der Waals surface area contributed by atoms with Gasteiger partial charge < -0.3 is 19.5 Å². The summed E-state index contributed by atoms with van der Waals surface area (Å²) in [5.41, 5.74) is 3.70. The summed E-state index contributed by atoms with van der Waals surface area (Å²) in [6, 6.07) is 17.8. The molecule has 0 saturated carbocycles. The largest absolute Gasteiger partial charge is 0.494 e. The highest BCUT2D eigenvalue weighted by molar-refractivity contribution is 6.30. The van der Waals surface area contributed by atoms with E-state index in [1.54, 1.807) is 73.7 Å². The first-order valence-electron chi connectivity index (χ1n) is 12.0. The van der Waals surface area contributed by atoms with Gasteiger partial charge in [-0.2, -0.15) is 5.10 Å². The molecule has 0 aliphatic carbocycles. The number of esters is 1. The van der Waals surface area contributed by atoms with Crippen LogP contribution < -0.4 is 25.0 Å². The highest BCUT2D eigenvalue weighted by Crippen LogP contribution is 2.29. The average Bonchev–Trinajstić information content (AvgIpc) is 2.92. The van der Waals surface area contributed by atoms with Crippen molar-refractivity contribution in [1.29, 1.82) is 0 Å². The van der Waals surface area contributed by atoms with Crippen LogP contribution in [0.3, 0.4) is 0 Å². The highest BCUT2D eigenvalue weighted by atomic mass is 35.5. The van der Waals surface area contributed by atoms with Gasteiger partial charge in [0.05, 0.1) is 31.5 Å². The van der Waals surface area contributed by atoms with Crippen LogP contribution in [-0.4, -0.2) is 43.8 Å². The van der Waals surface area contributed by atoms with E-state index in [2.05, 4.69) is 15.8 Å². The van der Waals surface area contributed by atoms with E-state index in [9.17, 15) is 14.4 Å². The second-order valence-corrected chi connectivity index (χ2v) is 8.32. The summed E-state index contributed by atoms with van der Waals surface area (Å²) >= 11 is 5.86. The normalized spacial score (nSPS) is 10.6. The molecule has 0 aromatic heterocycles. The van der Waals surface area contributed by atoms with Gasteiger partial charge in [-0.25, -0.2) is 10.2 Å². The van der Waals surface area contributed by atoms with Crippen molar-refractivity contribution in [3.05, 3.63) is 88.4 Å². The van der Waals surface area contributed by atoms with Crippen LogP contribution in [-0.2, 0) is 4.79 Å². The van der Waals surface area contributed by atoms with E-state index in [4.69, 9.17) is 25.8 Å². The summed E-state index contributed by atoms with van der Waals surface area (Å²) in [4.78, 5) is 36.8. The lowest BCUT2D eigenvalue weighted by Gasteiger charge is -2.11. The molecule has 2 amide bonds. The standard InChI is InChI=1S/C28H28ClN3O6/c1-3-15-37-23-12-8-20(9-13-23)27(34)30-18-26(33)32-31-17-19-5-14-24(25(16-19)36-4-2)38-28(35)21-6-10-22(29)11-7-21/h5-14,16-17H,3-4,15,18H2,1-2H3,(H,30,34)(H,32,33). The van der Waals surface area contributed by atoms with Gasteiger partial charge in [0.15, 0.2) is 11.5 Å². The molecule has 0 fully saturated rings. The minimum Gasteiger partial charge on any atom is -0.494 e. The molecule has 3 aromatic carbocycles. The minimum absolute atomic E-state index is 0.237. The Bertz CT molecular complexity index is 1280. The van der Waals surface area contributed by atoms with Gasteiger partial charge in [-0.05, 0) is 85.6 Å². The lowest BCUT2D eigenvalue weighted by Crippen LogP contribution is -2.34. The molecule has 198 valence electrons. The summed E-state index contributed by atoms with van der Waals surface area (Å²) in [6.45, 7) is 4.50. The third-order valence-electron chi connectivity index (χ3n) is 4.95. The number of hydrogen-bond acceptors (Lipinski definition) is 7. The van der Waals surface area contributed by atoms with Crippen molar-refractivity contribution < 1.29 is 28.6 Å². The fourth-order valence-corrected chi connectivity index (χ4v) is 3.23. The SMILES string of the molecule is CCCOc1ccc(C(=O)NCC(=O)NN=Cc2ccc(OC(=O)c3ccc(Cl)cc3)c(OCC)c2)cc1. The summed E-state index contributed by atoms with van der Waals surface area (Å²) in [5.74, 6) is -0.203. The summed E-state index contributed by atoms with van der Waals surface area (Å²) in [7, 11) is 0. The maximum absolute atomic E-state index is 12.4. The Kier molecular flexibility index (Phi) is 10.7. The number of halogens is 1. The van der Waals surface area contributed by atoms with Gasteiger partial charge in [-0.15, -0.1) is 0 Å². The molecule has 3 aromatic rings. The van der Waals surface area contributed by atoms with Crippen LogP contribution >= 0.6 is 11.6 Å². The summed E-state index contributed by atoms with van der Waals surface area (Å²) in [5, 5.41) is 6.96. The molecule has 3 rings (SSSR count). The topological polar surface area (TPSA) is 115 Å². The van der Waals surface area contributed by atoms with Crippen molar-refractivity contribution in [3.8, 4) is 17.2 Å². The Morgan fingerprint density at radius 3 is 2.29 bits per heavy atom. The molecule has 0 bridgehead atoms. The molecule has 0 atom stereocenters. The first kappa shape index (κ1) is 28.2. The van der Waals surface area contributed by atoms with E-state index in [1.165, 1.54) is 6.21 Å². The number of benzene rings is 3. The van der Waals surface area contributed by atoms with E-state index >= 15 is 0 Å². The molecular weight excluding hydrogens is 510 g/mol. The van der Waals surface area contributed by atoms with Gasteiger partial charge in [0, 0.05) is 10.6 Å². The molecule has 0 radical (unpaired) electrons. The Hall–Kier alpha value is -4.37. The molecule has 0 aliphatic heterocycles. The van der Waals surface area contributed by atoms with Crippen LogP contribution in [0.5, 0.6) is 17.2 Å². The monoisotopic (exact) mass is 537 g/mol. The van der Waals surface area contributed by atoms with Gasteiger partial charge in [0.1, 0.15) is 5.75 Å². The van der Waals surface area contributed by atoms with E-state index in [0.717, 1.165) is 6.42 Å². The van der Waals surface area contributed by atoms with E-state index < -0.39 is 17.8 Å². The highest BCUT2D eigenvalue weighted by Gasteiger charge is 2.13. The molecular formula is C28H28ClN3O6. The molecule has 0 saturated heterocycles. The van der Waals surface area contributed by atoms with Crippen molar-refractivity contribution >= 4 is 35.6 Å². The van der Waals surface area contributed by atoms with Crippen LogP contribution in [0.4, 0.5) is 0 Å². The molecule has 0 aliphatic rings. The van der Waals surface area contributed by atoms with Crippen molar-refractivity contribution in [3.63, 3.8) is 0 Å². The predicted octanol–water partition coefficient (Wildman–Crippen LogP) is 4.63. The lowest BCUT2D eigenvalue weighted by atomic mass is 10.2. The van der Waals surface area contributed by atoms with Gasteiger partial charge in [0.25, 0.3) is 11.8 Å². The summed E-state index contributed by atoms with van der Waals surface area (Å²) in [6.07, 6.45) is 2.29. The number of carbonyl (C=O) groups is 3. The van der Waals surface area contributed by atoms with Crippen LogP contribution in [0.2, 0.25) is 5.02 Å². The lowest BCUT2D eigenvalue weighted by molar-refractivity contribution is -0.120. The van der Waals surface area contributed by atoms with Crippen LogP contribution in [0.25, 0.3) is 0 Å². The average molecular weight is 538 g/mol. The van der Waals surface area contributed by atoms with Crippen molar-refractivity contribution in [2.24, 2.45) is 5.10 Å². The second-order valence-electron chi connectivity index (χ2n) is 7.88. The number of hydrazone groups is 1. The number of carbonyl (C=O) groups excluding carboxylic acids is 3. The Balaban J connectivity index is 1.52. The van der Waals surface area contributed by atoms with Crippen LogP contribution in [0.1, 0.15) is 46.5 Å². The fourth-order valence-electron chi connectivity index (χ4n) is 3.11. The Morgan fingerprint density at radius 1 is 0.895 bits per heavy atom. The maximum atomic E-state index is 12.4. The third kappa shape index (κ3) is 8.63. The molecule has 0 spiro atoms. The zero-order valence-corrected chi connectivity index (χ0v) is 21.8. The molecule has 0 heterocycles. The molecule has 0 unspecified atom stereocenters. The van der Waals surface area contributed by atoms with Crippen molar-refractivity contribution in [2.75, 3.05) is 19.8 Å². The quantitative estimate of drug-likeness (QED) is 0.151. The predicted molar refractivity (Wildman–Crippen MR) is 144 cm³/mol. The van der Waals surface area contributed by atoms with Crippen LogP contribution in [0.15, 0.2) is 71.8 Å². The molecule has 38 heavy (non-hydrogen) atoms. The summed E-state index contributed by atoms with van der Waals surface area (Å²) < 4.78 is 16.5. The molecule has 10 heteroatoms. The van der Waals surface area contributed by atoms with Gasteiger partial charge in [-0.1, -0.05) is 18.5 Å². The molecule has 2 N–H and O–H groups in total. The number of amides is 2. The van der Waals surface area contributed by atoms with E-state index in [1.807, 2.05) is 6.92 Å². The zero-order chi connectivity index (χ0) is 27.3.